The molecule has 6 unspecified atom stereocenters. The van der Waals surface area contributed by atoms with Gasteiger partial charge < -0.3 is 39.9 Å². The summed E-state index contributed by atoms with van der Waals surface area (Å²) in [5.74, 6) is -1.27. The average molecular weight is 845 g/mol. The van der Waals surface area contributed by atoms with Crippen molar-refractivity contribution in [3.05, 3.63) is 60.8 Å². The standard InChI is InChI=1S/C44H77O13P/c1-3-5-7-8-9-10-11-12-13-14-15-16-17-22-26-32-43(50)54-36-40(37-56-58(52,53)55-35-39(47)34-45)57-44(51)33-27-31-42(49)41(48)30-25-21-19-18-20-24-29-38(46)28-23-6-4-2/h12-13,18-21,24-25,29-30,38-42,45-49H,3-11,14-17,22-23,26-28,31-37H2,1-2H3,(H,52,53)/b13-12-,20-18+,21-19-,29-24-,30-25-. The van der Waals surface area contributed by atoms with E-state index in [2.05, 4.69) is 30.5 Å². The number of carbonyl (C=O) groups is 2. The first-order valence-corrected chi connectivity index (χ1v) is 23.1. The summed E-state index contributed by atoms with van der Waals surface area (Å²) in [6.45, 7) is 1.85. The molecular weight excluding hydrogens is 767 g/mol. The van der Waals surface area contributed by atoms with Crippen LogP contribution in [0.4, 0.5) is 0 Å². The number of esters is 2. The van der Waals surface area contributed by atoms with Crippen LogP contribution in [0.3, 0.4) is 0 Å². The second kappa shape index (κ2) is 38.7. The molecule has 336 valence electrons. The molecule has 0 radical (unpaired) electrons. The summed E-state index contributed by atoms with van der Waals surface area (Å²) in [7, 11) is -4.72. The SMILES string of the molecule is CCCCCCCC/C=C\CCCCCCCC(=O)OCC(COP(=O)(O)OCC(O)CO)OC(=O)CCCC(O)C(O)\C=C/C=C\C=C\C=C/C(O)CCCCC. The summed E-state index contributed by atoms with van der Waals surface area (Å²) in [6, 6.07) is 0. The van der Waals surface area contributed by atoms with E-state index in [1.165, 1.54) is 44.6 Å². The molecule has 0 spiro atoms. The van der Waals surface area contributed by atoms with E-state index in [1.807, 2.05) is 0 Å². The number of allylic oxidation sites excluding steroid dienone is 8. The fraction of sp³-hybridized carbons (Fsp3) is 0.727. The predicted molar refractivity (Wildman–Crippen MR) is 228 cm³/mol. The molecule has 0 heterocycles. The Balaban J connectivity index is 4.67. The van der Waals surface area contributed by atoms with E-state index in [0.29, 0.717) is 6.42 Å². The number of aliphatic hydroxyl groups excluding tert-OH is 5. The molecule has 0 rings (SSSR count). The van der Waals surface area contributed by atoms with Crippen LogP contribution < -0.4 is 0 Å². The molecule has 58 heavy (non-hydrogen) atoms. The van der Waals surface area contributed by atoms with E-state index in [-0.39, 0.29) is 25.7 Å². The van der Waals surface area contributed by atoms with Gasteiger partial charge in [0.25, 0.3) is 0 Å². The highest BCUT2D eigenvalue weighted by Crippen LogP contribution is 2.43. The van der Waals surface area contributed by atoms with Crippen LogP contribution in [-0.4, -0.2) is 99.3 Å². The van der Waals surface area contributed by atoms with Crippen molar-refractivity contribution in [2.24, 2.45) is 0 Å². The predicted octanol–water partition coefficient (Wildman–Crippen LogP) is 8.02. The summed E-state index contributed by atoms with van der Waals surface area (Å²) in [5, 5.41) is 48.8. The van der Waals surface area contributed by atoms with Gasteiger partial charge in [0.2, 0.25) is 0 Å². The van der Waals surface area contributed by atoms with Gasteiger partial charge in [0.1, 0.15) is 12.7 Å². The summed E-state index contributed by atoms with van der Waals surface area (Å²) >= 11 is 0. The van der Waals surface area contributed by atoms with E-state index in [4.69, 9.17) is 19.1 Å². The number of hydrogen-bond acceptors (Lipinski definition) is 12. The summed E-state index contributed by atoms with van der Waals surface area (Å²) in [5.41, 5.74) is 0. The van der Waals surface area contributed by atoms with Gasteiger partial charge in [-0.15, -0.1) is 0 Å². The van der Waals surface area contributed by atoms with Crippen LogP contribution in [0.5, 0.6) is 0 Å². The van der Waals surface area contributed by atoms with Crippen molar-refractivity contribution < 1.29 is 63.1 Å². The van der Waals surface area contributed by atoms with E-state index < -0.39 is 76.7 Å². The molecule has 6 N–H and O–H groups in total. The highest BCUT2D eigenvalue weighted by molar-refractivity contribution is 7.47. The first-order valence-electron chi connectivity index (χ1n) is 21.6. The van der Waals surface area contributed by atoms with Gasteiger partial charge in [-0.2, -0.15) is 0 Å². The van der Waals surface area contributed by atoms with Crippen molar-refractivity contribution in [3.8, 4) is 0 Å². The number of aliphatic hydroxyl groups is 5. The number of unbranched alkanes of at least 4 members (excludes halogenated alkanes) is 13. The Labute approximate surface area is 348 Å². The van der Waals surface area contributed by atoms with Crippen molar-refractivity contribution in [2.45, 2.75) is 179 Å². The van der Waals surface area contributed by atoms with E-state index in [1.54, 1.807) is 42.5 Å². The van der Waals surface area contributed by atoms with Gasteiger partial charge in [0, 0.05) is 12.8 Å². The van der Waals surface area contributed by atoms with Crippen LogP contribution in [0.1, 0.15) is 149 Å². The number of phosphoric acid groups is 1. The topological polar surface area (TPSA) is 210 Å². The van der Waals surface area contributed by atoms with E-state index in [9.17, 15) is 39.5 Å². The zero-order valence-electron chi connectivity index (χ0n) is 35.3. The maximum atomic E-state index is 12.6. The number of carbonyl (C=O) groups excluding carboxylic acids is 2. The largest absolute Gasteiger partial charge is 0.472 e. The molecule has 0 fully saturated rings. The van der Waals surface area contributed by atoms with E-state index in [0.717, 1.165) is 64.2 Å². The Morgan fingerprint density at radius 2 is 1.14 bits per heavy atom. The zero-order valence-corrected chi connectivity index (χ0v) is 36.2. The van der Waals surface area contributed by atoms with Crippen molar-refractivity contribution >= 4 is 19.8 Å². The average Bonchev–Trinajstić information content (AvgIpc) is 3.20. The Kier molecular flexibility index (Phi) is 37.1. The highest BCUT2D eigenvalue weighted by atomic mass is 31.2. The fourth-order valence-corrected chi connectivity index (χ4v) is 6.28. The second-order valence-electron chi connectivity index (χ2n) is 14.6. The summed E-state index contributed by atoms with van der Waals surface area (Å²) in [6.07, 6.45) is 31.2. The molecular formula is C44H77O13P. The van der Waals surface area contributed by atoms with Gasteiger partial charge in [0.15, 0.2) is 6.10 Å². The Morgan fingerprint density at radius 3 is 1.78 bits per heavy atom. The highest BCUT2D eigenvalue weighted by Gasteiger charge is 2.27. The molecule has 0 aliphatic heterocycles. The molecule has 0 aromatic heterocycles. The van der Waals surface area contributed by atoms with Gasteiger partial charge in [0.05, 0.1) is 38.1 Å². The van der Waals surface area contributed by atoms with Crippen molar-refractivity contribution in [1.82, 2.24) is 0 Å². The fourth-order valence-electron chi connectivity index (χ4n) is 5.49. The number of ether oxygens (including phenoxy) is 2. The number of rotatable bonds is 39. The molecule has 0 saturated carbocycles. The van der Waals surface area contributed by atoms with Crippen LogP contribution in [-0.2, 0) is 32.7 Å². The third-order valence-corrected chi connectivity index (χ3v) is 9.96. The number of phosphoric ester groups is 1. The first-order chi connectivity index (χ1) is 27.9. The van der Waals surface area contributed by atoms with Crippen molar-refractivity contribution in [2.75, 3.05) is 26.4 Å². The first kappa shape index (κ1) is 55.5. The molecule has 0 saturated heterocycles. The van der Waals surface area contributed by atoms with Gasteiger partial charge in [-0.05, 0) is 51.4 Å². The lowest BCUT2D eigenvalue weighted by Gasteiger charge is -2.20. The molecule has 0 aliphatic carbocycles. The Morgan fingerprint density at radius 1 is 0.603 bits per heavy atom. The van der Waals surface area contributed by atoms with Crippen LogP contribution in [0.2, 0.25) is 0 Å². The quantitative estimate of drug-likeness (QED) is 0.0114. The van der Waals surface area contributed by atoms with E-state index >= 15 is 0 Å². The van der Waals surface area contributed by atoms with Crippen molar-refractivity contribution in [1.29, 1.82) is 0 Å². The van der Waals surface area contributed by atoms with Gasteiger partial charge in [-0.1, -0.05) is 145 Å². The lowest BCUT2D eigenvalue weighted by molar-refractivity contribution is -0.161. The van der Waals surface area contributed by atoms with Crippen LogP contribution in [0.25, 0.3) is 0 Å². The minimum absolute atomic E-state index is 0.0641. The van der Waals surface area contributed by atoms with Crippen LogP contribution >= 0.6 is 7.82 Å². The van der Waals surface area contributed by atoms with Crippen LogP contribution in [0.15, 0.2) is 60.8 Å². The number of hydrogen-bond donors (Lipinski definition) is 6. The second-order valence-corrected chi connectivity index (χ2v) is 16.0. The molecule has 0 aromatic rings. The molecule has 13 nitrogen and oxygen atoms in total. The van der Waals surface area contributed by atoms with Gasteiger partial charge in [-0.3, -0.25) is 18.6 Å². The molecule has 0 aliphatic rings. The minimum atomic E-state index is -4.72. The lowest BCUT2D eigenvalue weighted by atomic mass is 10.1. The Hall–Kier alpha value is -2.45. The molecule has 14 heteroatoms. The smallest absolute Gasteiger partial charge is 0.462 e. The lowest BCUT2D eigenvalue weighted by Crippen LogP contribution is -2.30. The molecule has 0 bridgehead atoms. The van der Waals surface area contributed by atoms with Crippen LogP contribution in [0, 0.1) is 0 Å². The maximum absolute atomic E-state index is 12.6. The Bertz CT molecular complexity index is 1200. The minimum Gasteiger partial charge on any atom is -0.462 e. The van der Waals surface area contributed by atoms with Gasteiger partial charge >= 0.3 is 19.8 Å². The van der Waals surface area contributed by atoms with Gasteiger partial charge in [-0.25, -0.2) is 4.57 Å². The normalized spacial score (nSPS) is 16.1. The summed E-state index contributed by atoms with van der Waals surface area (Å²) < 4.78 is 32.4. The maximum Gasteiger partial charge on any atom is 0.472 e. The molecule has 0 amide bonds. The molecule has 6 atom stereocenters. The zero-order chi connectivity index (χ0) is 43.1. The summed E-state index contributed by atoms with van der Waals surface area (Å²) in [4.78, 5) is 35.0. The molecule has 0 aromatic carbocycles. The third kappa shape index (κ3) is 36.6. The van der Waals surface area contributed by atoms with Crippen molar-refractivity contribution in [3.63, 3.8) is 0 Å². The third-order valence-electron chi connectivity index (χ3n) is 9.01. The monoisotopic (exact) mass is 845 g/mol.